The summed E-state index contributed by atoms with van der Waals surface area (Å²) >= 11 is 5.90. The molecule has 1 aromatic carbocycles. The summed E-state index contributed by atoms with van der Waals surface area (Å²) in [7, 11) is 0. The van der Waals surface area contributed by atoms with Gasteiger partial charge in [0.25, 0.3) is 0 Å². The van der Waals surface area contributed by atoms with Crippen molar-refractivity contribution in [1.82, 2.24) is 4.98 Å². The fourth-order valence-corrected chi connectivity index (χ4v) is 4.67. The van der Waals surface area contributed by atoms with E-state index in [2.05, 4.69) is 29.0 Å². The molecule has 34 heavy (non-hydrogen) atoms. The Morgan fingerprint density at radius 1 is 1.24 bits per heavy atom. The minimum Gasteiger partial charge on any atom is -0.476 e. The lowest BCUT2D eigenvalue weighted by Gasteiger charge is -2.37. The van der Waals surface area contributed by atoms with Crippen molar-refractivity contribution < 1.29 is 14.3 Å². The van der Waals surface area contributed by atoms with Gasteiger partial charge in [0.05, 0.1) is 22.7 Å². The van der Waals surface area contributed by atoms with Crippen molar-refractivity contribution in [3.8, 4) is 0 Å². The van der Waals surface area contributed by atoms with E-state index in [9.17, 15) is 14.7 Å². The number of halogens is 1. The number of rotatable bonds is 5. The molecule has 1 saturated heterocycles. The van der Waals surface area contributed by atoms with Crippen LogP contribution in [0, 0.1) is 19.3 Å². The van der Waals surface area contributed by atoms with Crippen LogP contribution in [0.4, 0.5) is 11.6 Å². The molecule has 0 aliphatic carbocycles. The van der Waals surface area contributed by atoms with E-state index in [1.54, 1.807) is 6.07 Å². The average Bonchev–Trinajstić information content (AvgIpc) is 2.77. The van der Waals surface area contributed by atoms with Gasteiger partial charge in [-0.2, -0.15) is 0 Å². The fraction of sp³-hybridized carbons (Fsp3) is 0.423. The van der Waals surface area contributed by atoms with Gasteiger partial charge in [-0.25, -0.2) is 9.78 Å². The maximum atomic E-state index is 13.4. The molecule has 0 bridgehead atoms. The molecule has 3 aromatic rings. The molecule has 1 unspecified atom stereocenters. The standard InChI is InChI=1S/C26H30ClN3O4/c1-14-12-17(16(3)28-19-6-7-20(27)29-21(19)25(32)33)23-18(13-14)22(31)15(2)24(34-23)30-10-8-26(4,5)9-11-30/h6-7,12-13,16,28H,8-11H2,1-5H3,(H,32,33). The number of hydrogen-bond donors (Lipinski definition) is 2. The topological polar surface area (TPSA) is 95.7 Å². The van der Waals surface area contributed by atoms with Crippen LogP contribution in [-0.2, 0) is 0 Å². The SMILES string of the molecule is Cc1cc(C(C)Nc2ccc(Cl)nc2C(=O)O)c2oc(N3CCC(C)(C)CC3)c(C)c(=O)c2c1. The second-order valence-electron chi connectivity index (χ2n) is 9.94. The summed E-state index contributed by atoms with van der Waals surface area (Å²) < 4.78 is 6.46. The monoisotopic (exact) mass is 483 g/mol. The lowest BCUT2D eigenvalue weighted by atomic mass is 9.82. The summed E-state index contributed by atoms with van der Waals surface area (Å²) in [5, 5.41) is 13.4. The van der Waals surface area contributed by atoms with Gasteiger partial charge >= 0.3 is 5.97 Å². The molecule has 0 spiro atoms. The van der Waals surface area contributed by atoms with Gasteiger partial charge < -0.3 is 19.7 Å². The highest BCUT2D eigenvalue weighted by atomic mass is 35.5. The second kappa shape index (κ2) is 8.95. The average molecular weight is 484 g/mol. The van der Waals surface area contributed by atoms with Crippen LogP contribution in [0.2, 0.25) is 5.15 Å². The molecule has 2 aromatic heterocycles. The van der Waals surface area contributed by atoms with Crippen LogP contribution in [0.15, 0.2) is 33.5 Å². The molecule has 0 radical (unpaired) electrons. The Hall–Kier alpha value is -3.06. The van der Waals surface area contributed by atoms with Crippen molar-refractivity contribution in [3.05, 3.63) is 62.0 Å². The molecule has 1 aliphatic heterocycles. The number of aromatic carboxylic acids is 1. The molecule has 1 atom stereocenters. The molecule has 2 N–H and O–H groups in total. The lowest BCUT2D eigenvalue weighted by molar-refractivity contribution is 0.0691. The predicted octanol–water partition coefficient (Wildman–Crippen LogP) is 5.96. The van der Waals surface area contributed by atoms with Crippen molar-refractivity contribution in [2.24, 2.45) is 5.41 Å². The van der Waals surface area contributed by atoms with Gasteiger partial charge in [-0.05, 0) is 62.8 Å². The van der Waals surface area contributed by atoms with Gasteiger partial charge in [-0.15, -0.1) is 0 Å². The van der Waals surface area contributed by atoms with Gasteiger partial charge in [0.15, 0.2) is 11.1 Å². The number of carbonyl (C=O) groups is 1. The van der Waals surface area contributed by atoms with Crippen LogP contribution in [0.5, 0.6) is 0 Å². The number of anilines is 2. The van der Waals surface area contributed by atoms with E-state index in [1.165, 1.54) is 6.07 Å². The van der Waals surface area contributed by atoms with Crippen LogP contribution in [0.1, 0.15) is 66.8 Å². The molecule has 1 aliphatic rings. The van der Waals surface area contributed by atoms with Crippen molar-refractivity contribution in [3.63, 3.8) is 0 Å². The number of carboxylic acids is 1. The number of aromatic nitrogens is 1. The van der Waals surface area contributed by atoms with Crippen molar-refractivity contribution in [2.45, 2.75) is 53.5 Å². The Balaban J connectivity index is 1.79. The number of fused-ring (bicyclic) bond motifs is 1. The summed E-state index contributed by atoms with van der Waals surface area (Å²) in [6, 6.07) is 6.58. The molecule has 1 fully saturated rings. The minimum absolute atomic E-state index is 0.0439. The van der Waals surface area contributed by atoms with E-state index in [0.717, 1.165) is 37.1 Å². The second-order valence-corrected chi connectivity index (χ2v) is 10.3. The van der Waals surface area contributed by atoms with Crippen molar-refractivity contribution in [2.75, 3.05) is 23.3 Å². The maximum Gasteiger partial charge on any atom is 0.356 e. The molecule has 0 saturated carbocycles. The van der Waals surface area contributed by atoms with E-state index in [1.807, 2.05) is 32.9 Å². The molecule has 7 nitrogen and oxygen atoms in total. The summed E-state index contributed by atoms with van der Waals surface area (Å²) in [5.41, 5.74) is 3.23. The zero-order valence-corrected chi connectivity index (χ0v) is 20.9. The third-order valence-corrected chi connectivity index (χ3v) is 6.88. The zero-order chi connectivity index (χ0) is 24.8. The molecular formula is C26H30ClN3O4. The van der Waals surface area contributed by atoms with Crippen LogP contribution >= 0.6 is 11.6 Å². The van der Waals surface area contributed by atoms with Gasteiger partial charge in [-0.1, -0.05) is 31.5 Å². The van der Waals surface area contributed by atoms with Crippen LogP contribution in [-0.4, -0.2) is 29.1 Å². The van der Waals surface area contributed by atoms with E-state index < -0.39 is 5.97 Å². The maximum absolute atomic E-state index is 13.4. The third kappa shape index (κ3) is 4.62. The van der Waals surface area contributed by atoms with Crippen LogP contribution in [0.25, 0.3) is 11.0 Å². The number of benzene rings is 1. The number of pyridine rings is 1. The lowest BCUT2D eigenvalue weighted by Crippen LogP contribution is -2.38. The Morgan fingerprint density at radius 3 is 2.56 bits per heavy atom. The number of hydrogen-bond acceptors (Lipinski definition) is 6. The van der Waals surface area contributed by atoms with Crippen molar-refractivity contribution in [1.29, 1.82) is 0 Å². The Morgan fingerprint density at radius 2 is 1.91 bits per heavy atom. The Bertz CT molecular complexity index is 1320. The van der Waals surface area contributed by atoms with Gasteiger partial charge in [-0.3, -0.25) is 4.79 Å². The summed E-state index contributed by atoms with van der Waals surface area (Å²) in [5.74, 6) is -0.562. The van der Waals surface area contributed by atoms with E-state index in [-0.39, 0.29) is 27.7 Å². The molecule has 8 heteroatoms. The number of piperidine rings is 1. The smallest absolute Gasteiger partial charge is 0.356 e. The number of nitrogens with zero attached hydrogens (tertiary/aromatic N) is 2. The molecule has 4 rings (SSSR count). The van der Waals surface area contributed by atoms with Gasteiger partial charge in [0.2, 0.25) is 5.88 Å². The van der Waals surface area contributed by atoms with Gasteiger partial charge in [0.1, 0.15) is 10.7 Å². The highest BCUT2D eigenvalue weighted by molar-refractivity contribution is 6.29. The number of aryl methyl sites for hydroxylation is 1. The zero-order valence-electron chi connectivity index (χ0n) is 20.2. The number of nitrogens with one attached hydrogen (secondary N) is 1. The first kappa shape index (κ1) is 24.1. The summed E-state index contributed by atoms with van der Waals surface area (Å²) in [6.07, 6.45) is 2.04. The fourth-order valence-electron chi connectivity index (χ4n) is 4.52. The van der Waals surface area contributed by atoms with E-state index in [0.29, 0.717) is 28.1 Å². The largest absolute Gasteiger partial charge is 0.476 e. The quantitative estimate of drug-likeness (QED) is 0.432. The minimum atomic E-state index is -1.18. The molecule has 180 valence electrons. The highest BCUT2D eigenvalue weighted by Gasteiger charge is 2.29. The van der Waals surface area contributed by atoms with Crippen molar-refractivity contribution >= 4 is 40.1 Å². The third-order valence-electron chi connectivity index (χ3n) is 6.67. The Labute approximate surface area is 203 Å². The predicted molar refractivity (Wildman–Crippen MR) is 135 cm³/mol. The molecule has 3 heterocycles. The molecule has 0 amide bonds. The van der Waals surface area contributed by atoms with Crippen LogP contribution < -0.4 is 15.6 Å². The normalized spacial score (nSPS) is 16.5. The van der Waals surface area contributed by atoms with E-state index >= 15 is 0 Å². The first-order valence-corrected chi connectivity index (χ1v) is 11.8. The first-order valence-electron chi connectivity index (χ1n) is 11.5. The van der Waals surface area contributed by atoms with Crippen LogP contribution in [0.3, 0.4) is 0 Å². The van der Waals surface area contributed by atoms with Gasteiger partial charge in [0, 0.05) is 18.7 Å². The molecular weight excluding hydrogens is 454 g/mol. The highest BCUT2D eigenvalue weighted by Crippen LogP contribution is 2.36. The summed E-state index contributed by atoms with van der Waals surface area (Å²) in [6.45, 7) is 11.8. The number of carboxylic acid groups (broad SMARTS) is 1. The Kier molecular flexibility index (Phi) is 6.34. The summed E-state index contributed by atoms with van der Waals surface area (Å²) in [4.78, 5) is 31.2. The first-order chi connectivity index (χ1) is 16.0. The van der Waals surface area contributed by atoms with E-state index in [4.69, 9.17) is 16.0 Å².